The maximum Gasteiger partial charge on any atom is 0.674 e. The van der Waals surface area contributed by atoms with Gasteiger partial charge in [0, 0.05) is 0 Å². The molecule has 0 saturated heterocycles. The second kappa shape index (κ2) is 34.0. The largest absolute Gasteiger partial charge is 0.674 e. The van der Waals surface area contributed by atoms with Gasteiger partial charge in [-0.25, -0.2) is 0 Å². The summed E-state index contributed by atoms with van der Waals surface area (Å²) in [6.45, 7) is 1.65. The topological polar surface area (TPSA) is 214 Å². The van der Waals surface area contributed by atoms with E-state index in [1.54, 1.807) is 0 Å². The molecule has 0 aromatic carbocycles. The van der Waals surface area contributed by atoms with Crippen LogP contribution in [-0.2, 0) is 0 Å². The number of halogens is 4. The van der Waals surface area contributed by atoms with Gasteiger partial charge in [0.2, 0.25) is 0 Å². The van der Waals surface area contributed by atoms with Gasteiger partial charge in [-0.1, -0.05) is 12.8 Å². The molecule has 0 aliphatic rings. The summed E-state index contributed by atoms with van der Waals surface area (Å²) in [7, 11) is -10.7. The van der Waals surface area contributed by atoms with E-state index in [0.717, 1.165) is 25.9 Å². The first-order valence-electron chi connectivity index (χ1n) is 6.25. The lowest BCUT2D eigenvalue weighted by atomic mass is 10.2. The molecule has 0 aromatic rings. The Morgan fingerprint density at radius 2 is 0.583 bits per heavy atom. The van der Waals surface area contributed by atoms with Crippen LogP contribution in [-0.4, -0.2) is 82.9 Å². The molecule has 0 amide bonds. The van der Waals surface area contributed by atoms with Crippen molar-refractivity contribution >= 4 is 29.6 Å². The Morgan fingerprint density at radius 3 is 0.667 bits per heavy atom. The third kappa shape index (κ3) is 436. The van der Waals surface area contributed by atoms with Crippen LogP contribution < -0.4 is 11.5 Å². The Labute approximate surface area is 138 Å². The number of rotatable bonds is 5. The van der Waals surface area contributed by atoms with Crippen LogP contribution in [0, 0.1) is 0 Å². The molecule has 24 heavy (non-hydrogen) atoms. The van der Waals surface area contributed by atoms with Crippen molar-refractivity contribution < 1.29 is 57.5 Å². The fourth-order valence-corrected chi connectivity index (χ4v) is 0.642. The van der Waals surface area contributed by atoms with Crippen molar-refractivity contribution in [3.8, 4) is 0 Å². The smallest absolute Gasteiger partial charge is 0.398 e. The first kappa shape index (κ1) is 34.8. The van der Waals surface area contributed by atoms with E-state index < -0.39 is 29.6 Å². The molecule has 12 N–H and O–H groups in total. The molecule has 0 atom stereocenters. The second-order valence-corrected chi connectivity index (χ2v) is 3.23. The summed E-state index contributed by atoms with van der Waals surface area (Å²) < 4.78 is 40.4. The number of hydrogen-bond donors (Lipinski definition) is 10. The Kier molecular flexibility index (Phi) is 49.4. The Morgan fingerprint density at radius 1 is 0.458 bits per heavy atom. The molecule has 18 heteroatoms. The van der Waals surface area contributed by atoms with Crippen molar-refractivity contribution in [2.75, 3.05) is 13.1 Å². The quantitative estimate of drug-likeness (QED) is 0.129. The van der Waals surface area contributed by atoms with Crippen molar-refractivity contribution in [3.63, 3.8) is 0 Å². The summed E-state index contributed by atoms with van der Waals surface area (Å²) in [6, 6.07) is 0. The molecule has 0 heterocycles. The zero-order valence-corrected chi connectivity index (χ0v) is 12.8. The van der Waals surface area contributed by atoms with Crippen molar-refractivity contribution in [2.45, 2.75) is 25.7 Å². The van der Waals surface area contributed by atoms with Gasteiger partial charge in [0.15, 0.2) is 0 Å². The average molecular weight is 372 g/mol. The van der Waals surface area contributed by atoms with E-state index in [0.29, 0.717) is 0 Å². The summed E-state index contributed by atoms with van der Waals surface area (Å²) in [6.07, 6.45) is 4.79. The van der Waals surface area contributed by atoms with Gasteiger partial charge >= 0.3 is 29.6 Å². The third-order valence-electron chi connectivity index (χ3n) is 1.16. The highest BCUT2D eigenvalue weighted by molar-refractivity contribution is 6.32. The SMILES string of the molecule is NCCCCCCN.OB(O)F.OB(O)F.OB(O)F.OB(O)F. The molecular weight excluding hydrogens is 347 g/mol. The van der Waals surface area contributed by atoms with E-state index in [1.165, 1.54) is 12.8 Å². The molecule has 0 aliphatic carbocycles. The lowest BCUT2D eigenvalue weighted by Gasteiger charge is -1.94. The maximum atomic E-state index is 10.1. The lowest BCUT2D eigenvalue weighted by Crippen LogP contribution is -2.00. The van der Waals surface area contributed by atoms with Crippen LogP contribution >= 0.6 is 0 Å². The van der Waals surface area contributed by atoms with Gasteiger partial charge in [0.1, 0.15) is 0 Å². The third-order valence-corrected chi connectivity index (χ3v) is 1.16. The zero-order valence-electron chi connectivity index (χ0n) is 12.8. The first-order chi connectivity index (χ1) is 10.8. The molecule has 0 radical (unpaired) electrons. The van der Waals surface area contributed by atoms with E-state index in [4.69, 9.17) is 51.7 Å². The molecule has 146 valence electrons. The highest BCUT2D eigenvalue weighted by Gasteiger charge is 1.98. The van der Waals surface area contributed by atoms with Gasteiger partial charge in [-0.3, -0.25) is 17.3 Å². The zero-order chi connectivity index (χ0) is 20.6. The van der Waals surface area contributed by atoms with Gasteiger partial charge < -0.3 is 51.7 Å². The van der Waals surface area contributed by atoms with Crippen LogP contribution in [0.1, 0.15) is 25.7 Å². The van der Waals surface area contributed by atoms with Gasteiger partial charge in [0.25, 0.3) is 0 Å². The minimum absolute atomic E-state index is 0.824. The van der Waals surface area contributed by atoms with Crippen molar-refractivity contribution in [3.05, 3.63) is 0 Å². The van der Waals surface area contributed by atoms with E-state index in [2.05, 4.69) is 0 Å². The standard InChI is InChI=1S/C6H16N2.4BFH2O2/c7-5-3-1-2-4-6-8;4*2-1(3)4/h1-8H2;4*3-4H. The van der Waals surface area contributed by atoms with E-state index in [9.17, 15) is 17.3 Å². The number of nitrogens with two attached hydrogens (primary N) is 2. The average Bonchev–Trinajstić information content (AvgIpc) is 2.32. The summed E-state index contributed by atoms with van der Waals surface area (Å²) in [4.78, 5) is 0. The van der Waals surface area contributed by atoms with Gasteiger partial charge in [-0.05, 0) is 25.9 Å². The van der Waals surface area contributed by atoms with Crippen molar-refractivity contribution in [2.24, 2.45) is 11.5 Å². The van der Waals surface area contributed by atoms with Gasteiger partial charge in [-0.2, -0.15) is 0 Å². The number of unbranched alkanes of at least 4 members (excludes halogenated alkanes) is 3. The summed E-state index contributed by atoms with van der Waals surface area (Å²) in [5.41, 5.74) is 10.6. The normalized spacial score (nSPS) is 7.75. The first-order valence-corrected chi connectivity index (χ1v) is 6.25. The van der Waals surface area contributed by atoms with Crippen LogP contribution in [0.25, 0.3) is 0 Å². The van der Waals surface area contributed by atoms with Crippen LogP contribution in [0.5, 0.6) is 0 Å². The van der Waals surface area contributed by atoms with Crippen LogP contribution in [0.2, 0.25) is 0 Å². The fraction of sp³-hybridized carbons (Fsp3) is 1.00. The molecule has 0 rings (SSSR count). The molecule has 0 bridgehead atoms. The maximum absolute atomic E-state index is 10.1. The second-order valence-electron chi connectivity index (χ2n) is 3.23. The Bertz CT molecular complexity index is 154. The van der Waals surface area contributed by atoms with Crippen LogP contribution in [0.3, 0.4) is 0 Å². The Balaban J connectivity index is -0.0000000657. The lowest BCUT2D eigenvalue weighted by molar-refractivity contribution is 0.338. The molecule has 0 spiro atoms. The summed E-state index contributed by atoms with van der Waals surface area (Å²) in [5, 5.41) is 55.6. The molecule has 0 fully saturated rings. The predicted octanol–water partition coefficient (Wildman–Crippen LogP) is -3.83. The minimum atomic E-state index is -2.67. The predicted molar refractivity (Wildman–Crippen MR) is 81.8 cm³/mol. The molecule has 0 unspecified atom stereocenters. The van der Waals surface area contributed by atoms with Crippen LogP contribution in [0.4, 0.5) is 17.3 Å². The van der Waals surface area contributed by atoms with Crippen LogP contribution in [0.15, 0.2) is 0 Å². The van der Waals surface area contributed by atoms with Gasteiger partial charge in [0.05, 0.1) is 0 Å². The highest BCUT2D eigenvalue weighted by Crippen LogP contribution is 1.95. The minimum Gasteiger partial charge on any atom is -0.398 e. The summed E-state index contributed by atoms with van der Waals surface area (Å²) >= 11 is 0. The van der Waals surface area contributed by atoms with Crippen molar-refractivity contribution in [1.82, 2.24) is 0 Å². The molecule has 0 saturated carbocycles. The Hall–Kier alpha value is -0.420. The van der Waals surface area contributed by atoms with E-state index >= 15 is 0 Å². The molecular formula is C6H24B4F4N2O8. The highest BCUT2D eigenvalue weighted by atomic mass is 19.1. The van der Waals surface area contributed by atoms with E-state index in [-0.39, 0.29) is 0 Å². The van der Waals surface area contributed by atoms with Crippen molar-refractivity contribution in [1.29, 1.82) is 0 Å². The number of hydrogen-bond acceptors (Lipinski definition) is 10. The monoisotopic (exact) mass is 372 g/mol. The van der Waals surface area contributed by atoms with E-state index in [1.807, 2.05) is 0 Å². The van der Waals surface area contributed by atoms with Gasteiger partial charge in [-0.15, -0.1) is 0 Å². The summed E-state index contributed by atoms with van der Waals surface area (Å²) in [5.74, 6) is 0. The molecule has 10 nitrogen and oxygen atoms in total. The molecule has 0 aromatic heterocycles. The fourth-order valence-electron chi connectivity index (χ4n) is 0.642. The molecule has 0 aliphatic heterocycles.